The van der Waals surface area contributed by atoms with Crippen LogP contribution in [0.5, 0.6) is 0 Å². The summed E-state index contributed by atoms with van der Waals surface area (Å²) in [6.45, 7) is 2.22. The van der Waals surface area contributed by atoms with E-state index < -0.39 is 0 Å². The molecule has 0 aromatic heterocycles. The van der Waals surface area contributed by atoms with Crippen LogP contribution in [-0.2, 0) is 4.79 Å². The van der Waals surface area contributed by atoms with Gasteiger partial charge < -0.3 is 5.32 Å². The van der Waals surface area contributed by atoms with Gasteiger partial charge >= 0.3 is 0 Å². The first kappa shape index (κ1) is 10.8. The third-order valence-corrected chi connectivity index (χ3v) is 4.12. The van der Waals surface area contributed by atoms with Crippen LogP contribution in [0.25, 0.3) is 0 Å². The van der Waals surface area contributed by atoms with Crippen LogP contribution in [0.4, 0.5) is 10.1 Å². The summed E-state index contributed by atoms with van der Waals surface area (Å²) in [7, 11) is 0. The molecule has 3 rings (SSSR count). The van der Waals surface area contributed by atoms with Gasteiger partial charge in [-0.05, 0) is 36.3 Å². The number of anilines is 1. The zero-order chi connectivity index (χ0) is 12.0. The highest BCUT2D eigenvalue weighted by molar-refractivity contribution is 6.03. The largest absolute Gasteiger partial charge is 0.323 e. The van der Waals surface area contributed by atoms with Crippen molar-refractivity contribution < 1.29 is 9.18 Å². The average Bonchev–Trinajstić information content (AvgIpc) is 2.82. The van der Waals surface area contributed by atoms with Crippen molar-refractivity contribution in [3.63, 3.8) is 0 Å². The predicted molar refractivity (Wildman–Crippen MR) is 64.3 cm³/mol. The average molecular weight is 233 g/mol. The minimum atomic E-state index is -0.315. The molecule has 1 fully saturated rings. The number of halogens is 1. The lowest BCUT2D eigenvalue weighted by Gasteiger charge is -2.16. The number of rotatable bonds is 1. The van der Waals surface area contributed by atoms with Gasteiger partial charge in [0.15, 0.2) is 0 Å². The number of carbonyl (C=O) groups excluding carboxylic acids is 1. The van der Waals surface area contributed by atoms with Gasteiger partial charge in [-0.25, -0.2) is 4.39 Å². The Morgan fingerprint density at radius 1 is 1.35 bits per heavy atom. The van der Waals surface area contributed by atoms with Crippen LogP contribution in [0, 0.1) is 17.7 Å². The molecule has 3 unspecified atom stereocenters. The summed E-state index contributed by atoms with van der Waals surface area (Å²) in [4.78, 5) is 12.0. The second kappa shape index (κ2) is 3.83. The normalized spacial score (nSPS) is 31.4. The number of hydrogen-bond donors (Lipinski definition) is 1. The molecule has 1 aromatic rings. The van der Waals surface area contributed by atoms with Gasteiger partial charge in [-0.2, -0.15) is 0 Å². The predicted octanol–water partition coefficient (Wildman–Crippen LogP) is 3.30. The summed E-state index contributed by atoms with van der Waals surface area (Å²) in [6, 6.07) is 4.97. The summed E-state index contributed by atoms with van der Waals surface area (Å²) < 4.78 is 13.6. The molecule has 0 radical (unpaired) electrons. The standard InChI is InChI=1S/C14H16FNO/c1-8-5-6-9(7-8)12-10-3-2-4-11(15)13(10)16-14(12)17/h2-4,8-9,12H,5-7H2,1H3,(H,16,17). The van der Waals surface area contributed by atoms with Gasteiger partial charge in [0.05, 0.1) is 11.6 Å². The Labute approximate surface area is 100 Å². The highest BCUT2D eigenvalue weighted by Crippen LogP contribution is 2.46. The van der Waals surface area contributed by atoms with E-state index in [1.807, 2.05) is 6.07 Å². The lowest BCUT2D eigenvalue weighted by molar-refractivity contribution is -0.118. The Morgan fingerprint density at radius 2 is 2.18 bits per heavy atom. The Bertz CT molecular complexity index is 471. The highest BCUT2D eigenvalue weighted by Gasteiger charge is 2.40. The van der Waals surface area contributed by atoms with Crippen molar-refractivity contribution in [2.45, 2.75) is 32.1 Å². The second-order valence-electron chi connectivity index (χ2n) is 5.35. The molecule has 17 heavy (non-hydrogen) atoms. The van der Waals surface area contributed by atoms with Crippen LogP contribution in [0.3, 0.4) is 0 Å². The number of carbonyl (C=O) groups is 1. The zero-order valence-corrected chi connectivity index (χ0v) is 9.87. The third-order valence-electron chi connectivity index (χ3n) is 4.12. The molecule has 0 bridgehead atoms. The number of hydrogen-bond acceptors (Lipinski definition) is 1. The molecule has 3 heteroatoms. The second-order valence-corrected chi connectivity index (χ2v) is 5.35. The van der Waals surface area contributed by atoms with E-state index >= 15 is 0 Å². The van der Waals surface area contributed by atoms with Crippen molar-refractivity contribution >= 4 is 11.6 Å². The Hall–Kier alpha value is -1.38. The number of nitrogens with one attached hydrogen (secondary N) is 1. The number of fused-ring (bicyclic) bond motifs is 1. The molecule has 1 N–H and O–H groups in total. The van der Waals surface area contributed by atoms with Crippen LogP contribution in [0.15, 0.2) is 18.2 Å². The quantitative estimate of drug-likeness (QED) is 0.792. The molecular weight excluding hydrogens is 217 g/mol. The minimum Gasteiger partial charge on any atom is -0.323 e. The van der Waals surface area contributed by atoms with E-state index in [2.05, 4.69) is 12.2 Å². The molecule has 0 spiro atoms. The topological polar surface area (TPSA) is 29.1 Å². The lowest BCUT2D eigenvalue weighted by Crippen LogP contribution is -2.19. The Balaban J connectivity index is 1.97. The summed E-state index contributed by atoms with van der Waals surface area (Å²) >= 11 is 0. The summed E-state index contributed by atoms with van der Waals surface area (Å²) in [5.41, 5.74) is 1.26. The van der Waals surface area contributed by atoms with Gasteiger partial charge in [0.1, 0.15) is 5.82 Å². The number of para-hydroxylation sites is 1. The number of amides is 1. The van der Waals surface area contributed by atoms with Crippen LogP contribution < -0.4 is 5.32 Å². The Kier molecular flexibility index (Phi) is 2.42. The first-order valence-electron chi connectivity index (χ1n) is 6.26. The smallest absolute Gasteiger partial charge is 0.232 e. The SMILES string of the molecule is CC1CCC(C2C(=O)Nc3c(F)cccc32)C1. The van der Waals surface area contributed by atoms with Crippen LogP contribution in [0.2, 0.25) is 0 Å². The lowest BCUT2D eigenvalue weighted by atomic mass is 9.85. The van der Waals surface area contributed by atoms with E-state index in [4.69, 9.17) is 0 Å². The van der Waals surface area contributed by atoms with Gasteiger partial charge in [0.2, 0.25) is 5.91 Å². The molecule has 2 aliphatic rings. The maximum Gasteiger partial charge on any atom is 0.232 e. The van der Waals surface area contributed by atoms with Gasteiger partial charge in [-0.1, -0.05) is 25.5 Å². The fraction of sp³-hybridized carbons (Fsp3) is 0.500. The van der Waals surface area contributed by atoms with E-state index in [9.17, 15) is 9.18 Å². The monoisotopic (exact) mass is 233 g/mol. The van der Waals surface area contributed by atoms with Crippen molar-refractivity contribution in [2.24, 2.45) is 11.8 Å². The molecule has 1 amide bonds. The van der Waals surface area contributed by atoms with Gasteiger partial charge in [-0.15, -0.1) is 0 Å². The Morgan fingerprint density at radius 3 is 2.88 bits per heavy atom. The maximum atomic E-state index is 13.6. The van der Waals surface area contributed by atoms with Crippen LogP contribution >= 0.6 is 0 Å². The number of benzene rings is 1. The molecule has 2 nitrogen and oxygen atoms in total. The fourth-order valence-electron chi connectivity index (χ4n) is 3.30. The summed E-state index contributed by atoms with van der Waals surface area (Å²) in [5, 5.41) is 2.69. The molecule has 90 valence electrons. The molecule has 0 saturated heterocycles. The molecule has 1 aliphatic heterocycles. The third kappa shape index (κ3) is 1.65. The van der Waals surface area contributed by atoms with E-state index in [-0.39, 0.29) is 17.6 Å². The fourth-order valence-corrected chi connectivity index (χ4v) is 3.30. The maximum absolute atomic E-state index is 13.6. The molecule has 1 saturated carbocycles. The van der Waals surface area contributed by atoms with Gasteiger partial charge in [0, 0.05) is 0 Å². The van der Waals surface area contributed by atoms with Crippen molar-refractivity contribution in [2.75, 3.05) is 5.32 Å². The van der Waals surface area contributed by atoms with Crippen molar-refractivity contribution in [1.29, 1.82) is 0 Å². The summed E-state index contributed by atoms with van der Waals surface area (Å²) in [6.07, 6.45) is 3.34. The van der Waals surface area contributed by atoms with E-state index in [1.165, 1.54) is 12.5 Å². The van der Waals surface area contributed by atoms with Crippen LogP contribution in [0.1, 0.15) is 37.7 Å². The van der Waals surface area contributed by atoms with Gasteiger partial charge in [-0.3, -0.25) is 4.79 Å². The molecule has 1 heterocycles. The first-order valence-corrected chi connectivity index (χ1v) is 6.26. The van der Waals surface area contributed by atoms with Gasteiger partial charge in [0.25, 0.3) is 0 Å². The van der Waals surface area contributed by atoms with Crippen molar-refractivity contribution in [3.05, 3.63) is 29.6 Å². The molecular formula is C14H16FNO. The van der Waals surface area contributed by atoms with Crippen molar-refractivity contribution in [1.82, 2.24) is 0 Å². The van der Waals surface area contributed by atoms with E-state index in [1.54, 1.807) is 6.07 Å². The zero-order valence-electron chi connectivity index (χ0n) is 9.87. The van der Waals surface area contributed by atoms with Crippen molar-refractivity contribution in [3.8, 4) is 0 Å². The summed E-state index contributed by atoms with van der Waals surface area (Å²) in [5.74, 6) is 0.595. The minimum absolute atomic E-state index is 0.0239. The molecule has 1 aliphatic carbocycles. The van der Waals surface area contributed by atoms with E-state index in [0.717, 1.165) is 18.4 Å². The molecule has 3 atom stereocenters. The first-order chi connectivity index (χ1) is 8.16. The molecule has 1 aromatic carbocycles. The highest BCUT2D eigenvalue weighted by atomic mass is 19.1. The van der Waals surface area contributed by atoms with E-state index in [0.29, 0.717) is 17.5 Å². The van der Waals surface area contributed by atoms with Crippen LogP contribution in [-0.4, -0.2) is 5.91 Å².